The minimum atomic E-state index is -0.214. The molecule has 1 fully saturated rings. The number of nitrogens with two attached hydrogens (primary N) is 1. The van der Waals surface area contributed by atoms with Crippen LogP contribution in [-0.2, 0) is 11.3 Å². The maximum atomic E-state index is 11.7. The third kappa shape index (κ3) is 4.72. The van der Waals surface area contributed by atoms with Gasteiger partial charge >= 0.3 is 0 Å². The Morgan fingerprint density at radius 3 is 2.22 bits per heavy atom. The molecule has 1 aliphatic rings. The van der Waals surface area contributed by atoms with Gasteiger partial charge in [-0.1, -0.05) is 12.1 Å². The van der Waals surface area contributed by atoms with Crippen molar-refractivity contribution in [2.24, 2.45) is 11.7 Å². The largest absolute Gasteiger partial charge is 0.497 e. The van der Waals surface area contributed by atoms with Gasteiger partial charge in [0.2, 0.25) is 11.7 Å². The summed E-state index contributed by atoms with van der Waals surface area (Å²) in [7, 11) is 3.31. The highest BCUT2D eigenvalue weighted by Gasteiger charge is 2.36. The van der Waals surface area contributed by atoms with Gasteiger partial charge in [0.25, 0.3) is 0 Å². The quantitative estimate of drug-likeness (QED) is 0.534. The van der Waals surface area contributed by atoms with Crippen molar-refractivity contribution < 1.29 is 19.2 Å². The van der Waals surface area contributed by atoms with Crippen LogP contribution in [0.1, 0.15) is 35.8 Å². The van der Waals surface area contributed by atoms with E-state index in [9.17, 15) is 4.79 Å². The molecule has 3 N–H and O–H groups in total. The number of primary amides is 1. The number of nitrogens with one attached hydrogen (secondary N) is 1. The Balaban J connectivity index is 1.64. The van der Waals surface area contributed by atoms with Crippen LogP contribution in [-0.4, -0.2) is 53.4 Å². The highest BCUT2D eigenvalue weighted by atomic mass is 16.5. The number of hydrogen-bond donors (Lipinski definition) is 2. The average Bonchev–Trinajstić information content (AvgIpc) is 3.28. The molecule has 168 valence electrons. The molecule has 1 atom stereocenters. The van der Waals surface area contributed by atoms with Gasteiger partial charge in [-0.05, 0) is 52.4 Å². The monoisotopic (exact) mass is 437 g/mol. The molecule has 1 saturated heterocycles. The zero-order valence-electron chi connectivity index (χ0n) is 18.4. The van der Waals surface area contributed by atoms with E-state index in [2.05, 4.69) is 27.7 Å². The number of rotatable bonds is 8. The van der Waals surface area contributed by atoms with E-state index < -0.39 is 0 Å². The first-order chi connectivity index (χ1) is 15.6. The Hall–Kier alpha value is -3.46. The molecular weight excluding hydrogens is 408 g/mol. The van der Waals surface area contributed by atoms with Crippen LogP contribution in [0, 0.1) is 5.92 Å². The second-order valence-corrected chi connectivity index (χ2v) is 8.08. The van der Waals surface area contributed by atoms with Gasteiger partial charge in [0, 0.05) is 24.3 Å². The summed E-state index contributed by atoms with van der Waals surface area (Å²) >= 11 is 0. The minimum Gasteiger partial charge on any atom is -0.497 e. The summed E-state index contributed by atoms with van der Waals surface area (Å²) in [4.78, 5) is 13.0. The van der Waals surface area contributed by atoms with Gasteiger partial charge in [-0.15, -0.1) is 5.10 Å². The van der Waals surface area contributed by atoms with Crippen LogP contribution in [0.4, 0.5) is 0 Å². The van der Waals surface area contributed by atoms with E-state index in [1.54, 1.807) is 14.2 Å². The van der Waals surface area contributed by atoms with E-state index in [1.807, 2.05) is 41.1 Å². The Kier molecular flexibility index (Phi) is 6.65. The number of amides is 1. The number of nitrogens with zero attached hydrogens (tertiary/aromatic N) is 4. The molecule has 4 rings (SSSR count). The zero-order chi connectivity index (χ0) is 22.5. The summed E-state index contributed by atoms with van der Waals surface area (Å²) in [6.07, 6.45) is 1.52. The van der Waals surface area contributed by atoms with Crippen LogP contribution in [0.2, 0.25) is 0 Å². The first-order valence-corrected chi connectivity index (χ1v) is 10.8. The number of benzene rings is 2. The van der Waals surface area contributed by atoms with Crippen LogP contribution in [0.3, 0.4) is 0 Å². The molecule has 32 heavy (non-hydrogen) atoms. The standard InChI is InChI=1S/C23H28N6O3/c1-31-19-7-3-16(4-8-19)15-29-23(25-26-27-29)21(17-5-9-20(32-2)10-6-17)28-13-11-18(12-14-28)22(24)30/h3-10,18,21H,11-15H2,1-2H3,(H2,24,30)/p+1/t21-/m1/s1. The molecular formula is C23H29N6O3+. The lowest BCUT2D eigenvalue weighted by atomic mass is 9.93. The fourth-order valence-electron chi connectivity index (χ4n) is 4.36. The van der Waals surface area contributed by atoms with E-state index in [-0.39, 0.29) is 17.9 Å². The fraction of sp³-hybridized carbons (Fsp3) is 0.391. The lowest BCUT2D eigenvalue weighted by Gasteiger charge is -2.33. The molecule has 2 heterocycles. The van der Waals surface area contributed by atoms with Crippen LogP contribution >= 0.6 is 0 Å². The fourth-order valence-corrected chi connectivity index (χ4v) is 4.36. The Morgan fingerprint density at radius 1 is 1.06 bits per heavy atom. The first kappa shape index (κ1) is 21.8. The van der Waals surface area contributed by atoms with Gasteiger partial charge in [-0.3, -0.25) is 4.79 Å². The van der Waals surface area contributed by atoms with Crippen LogP contribution in [0.5, 0.6) is 11.5 Å². The highest BCUT2D eigenvalue weighted by Crippen LogP contribution is 2.23. The summed E-state index contributed by atoms with van der Waals surface area (Å²) in [5.74, 6) is 2.12. The zero-order valence-corrected chi connectivity index (χ0v) is 18.4. The topological polar surface area (TPSA) is 110 Å². The maximum absolute atomic E-state index is 11.7. The maximum Gasteiger partial charge on any atom is 0.220 e. The third-order valence-corrected chi connectivity index (χ3v) is 6.20. The van der Waals surface area contributed by atoms with Crippen LogP contribution in [0.15, 0.2) is 48.5 Å². The molecule has 1 aromatic heterocycles. The number of piperidine rings is 1. The molecule has 1 aliphatic heterocycles. The number of likely N-dealkylation sites (tertiary alicyclic amines) is 1. The molecule has 9 heteroatoms. The molecule has 9 nitrogen and oxygen atoms in total. The number of hydrogen-bond acceptors (Lipinski definition) is 6. The van der Waals surface area contributed by atoms with Crippen LogP contribution in [0.25, 0.3) is 0 Å². The first-order valence-electron chi connectivity index (χ1n) is 10.8. The van der Waals surface area contributed by atoms with Gasteiger partial charge in [0.05, 0.1) is 33.9 Å². The Bertz CT molecular complexity index is 1030. The molecule has 2 aromatic carbocycles. The Morgan fingerprint density at radius 2 is 1.66 bits per heavy atom. The van der Waals surface area contributed by atoms with Crippen LogP contribution < -0.4 is 20.1 Å². The summed E-state index contributed by atoms with van der Waals surface area (Å²) in [5, 5.41) is 12.7. The summed E-state index contributed by atoms with van der Waals surface area (Å²) < 4.78 is 12.4. The van der Waals surface area contributed by atoms with E-state index in [0.717, 1.165) is 54.4 Å². The molecule has 0 radical (unpaired) electrons. The number of ether oxygens (including phenoxy) is 2. The lowest BCUT2D eigenvalue weighted by molar-refractivity contribution is -0.931. The Labute approximate surface area is 187 Å². The van der Waals surface area contributed by atoms with Gasteiger partial charge < -0.3 is 20.1 Å². The molecule has 3 aromatic rings. The lowest BCUT2D eigenvalue weighted by Crippen LogP contribution is -3.13. The minimum absolute atomic E-state index is 0.0643. The van der Waals surface area contributed by atoms with E-state index in [0.29, 0.717) is 6.54 Å². The van der Waals surface area contributed by atoms with Crippen molar-refractivity contribution in [3.8, 4) is 11.5 Å². The van der Waals surface area contributed by atoms with Crippen molar-refractivity contribution in [2.45, 2.75) is 25.4 Å². The molecule has 1 amide bonds. The van der Waals surface area contributed by atoms with Gasteiger partial charge in [-0.2, -0.15) is 0 Å². The molecule has 0 bridgehead atoms. The molecule has 0 saturated carbocycles. The second-order valence-electron chi connectivity index (χ2n) is 8.08. The average molecular weight is 438 g/mol. The smallest absolute Gasteiger partial charge is 0.220 e. The van der Waals surface area contributed by atoms with E-state index >= 15 is 0 Å². The predicted molar refractivity (Wildman–Crippen MR) is 117 cm³/mol. The van der Waals surface area contributed by atoms with Gasteiger partial charge in [0.15, 0.2) is 6.04 Å². The molecule has 0 spiro atoms. The van der Waals surface area contributed by atoms with E-state index in [1.165, 1.54) is 4.90 Å². The number of quaternary nitrogens is 1. The summed E-state index contributed by atoms with van der Waals surface area (Å²) in [5.41, 5.74) is 7.73. The number of carbonyl (C=O) groups excluding carboxylic acids is 1. The van der Waals surface area contributed by atoms with Gasteiger partial charge in [0.1, 0.15) is 11.5 Å². The van der Waals surface area contributed by atoms with Gasteiger partial charge in [-0.25, -0.2) is 4.68 Å². The number of methoxy groups -OCH3 is 2. The molecule has 0 aliphatic carbocycles. The van der Waals surface area contributed by atoms with Crippen molar-refractivity contribution in [3.05, 3.63) is 65.5 Å². The van der Waals surface area contributed by atoms with Crippen molar-refractivity contribution in [3.63, 3.8) is 0 Å². The normalized spacial score (nSPS) is 19.3. The number of aromatic nitrogens is 4. The molecule has 0 unspecified atom stereocenters. The number of tetrazole rings is 1. The summed E-state index contributed by atoms with van der Waals surface area (Å²) in [6, 6.07) is 15.8. The highest BCUT2D eigenvalue weighted by molar-refractivity contribution is 5.76. The predicted octanol–water partition coefficient (Wildman–Crippen LogP) is 0.608. The van der Waals surface area contributed by atoms with Crippen molar-refractivity contribution in [1.82, 2.24) is 20.2 Å². The summed E-state index contributed by atoms with van der Waals surface area (Å²) in [6.45, 7) is 2.19. The third-order valence-electron chi connectivity index (χ3n) is 6.20. The van der Waals surface area contributed by atoms with E-state index in [4.69, 9.17) is 15.2 Å². The van der Waals surface area contributed by atoms with Crippen molar-refractivity contribution in [1.29, 1.82) is 0 Å². The number of carbonyl (C=O) groups is 1. The second kappa shape index (κ2) is 9.78. The SMILES string of the molecule is COc1ccc(Cn2nnnc2[C@@H](c2ccc(OC)cc2)[NH+]2CCC(C(N)=O)CC2)cc1. The van der Waals surface area contributed by atoms with Crippen molar-refractivity contribution in [2.75, 3.05) is 27.3 Å². The van der Waals surface area contributed by atoms with Crippen molar-refractivity contribution >= 4 is 5.91 Å².